The number of thiazole rings is 1. The highest BCUT2D eigenvalue weighted by Crippen LogP contribution is 2.32. The Morgan fingerprint density at radius 1 is 1.40 bits per heavy atom. The summed E-state index contributed by atoms with van der Waals surface area (Å²) in [4.78, 5) is 24.9. The van der Waals surface area contributed by atoms with Gasteiger partial charge in [-0.2, -0.15) is 5.10 Å². The van der Waals surface area contributed by atoms with Crippen LogP contribution in [0.1, 0.15) is 47.4 Å². The number of carbonyl (C=O) groups is 1. The molecule has 4 rings (SSSR count). The molecule has 1 aliphatic carbocycles. The summed E-state index contributed by atoms with van der Waals surface area (Å²) in [5.74, 6) is 2.23. The Balaban J connectivity index is 1.48. The van der Waals surface area contributed by atoms with Crippen LogP contribution in [0.3, 0.4) is 0 Å². The highest BCUT2D eigenvalue weighted by Gasteiger charge is 2.37. The Labute approximate surface area is 151 Å². The average molecular weight is 360 g/mol. The Hall–Kier alpha value is -1.80. The Morgan fingerprint density at radius 3 is 2.88 bits per heavy atom. The second-order valence-corrected chi connectivity index (χ2v) is 8.10. The van der Waals surface area contributed by atoms with Gasteiger partial charge in [0.25, 0.3) is 0 Å². The molecule has 3 heterocycles. The van der Waals surface area contributed by atoms with Crippen molar-refractivity contribution in [2.75, 3.05) is 13.1 Å². The molecule has 25 heavy (non-hydrogen) atoms. The second-order valence-electron chi connectivity index (χ2n) is 7.16. The highest BCUT2D eigenvalue weighted by atomic mass is 32.1. The number of aryl methyl sites for hydroxylation is 2. The molecule has 0 unspecified atom stereocenters. The number of likely N-dealkylation sites (tertiary alicyclic amines) is 1. The summed E-state index contributed by atoms with van der Waals surface area (Å²) >= 11 is 1.70. The van der Waals surface area contributed by atoms with Crippen molar-refractivity contribution in [1.29, 1.82) is 0 Å². The van der Waals surface area contributed by atoms with Gasteiger partial charge in [0.05, 0.1) is 17.2 Å². The van der Waals surface area contributed by atoms with Gasteiger partial charge in [0, 0.05) is 29.8 Å². The van der Waals surface area contributed by atoms with Crippen LogP contribution in [0.5, 0.6) is 0 Å². The van der Waals surface area contributed by atoms with Crippen molar-refractivity contribution in [3.05, 3.63) is 27.7 Å². The zero-order valence-electron chi connectivity index (χ0n) is 14.7. The molecule has 0 aromatic carbocycles. The molecule has 2 atom stereocenters. The first-order valence-electron chi connectivity index (χ1n) is 8.90. The number of hydrogen-bond donors (Lipinski definition) is 2. The summed E-state index contributed by atoms with van der Waals surface area (Å²) in [6.45, 7) is 6.67. The van der Waals surface area contributed by atoms with Crippen molar-refractivity contribution < 1.29 is 4.79 Å². The van der Waals surface area contributed by atoms with E-state index in [0.717, 1.165) is 56.2 Å². The smallest absolute Gasteiger partial charge is 0.223 e. The normalized spacial score (nSPS) is 24.4. The lowest BCUT2D eigenvalue weighted by Crippen LogP contribution is -2.52. The average Bonchev–Trinajstić information content (AvgIpc) is 3.25. The van der Waals surface area contributed by atoms with Gasteiger partial charge in [0.15, 0.2) is 5.82 Å². The summed E-state index contributed by atoms with van der Waals surface area (Å²) in [6, 6.07) is 0.0604. The van der Waals surface area contributed by atoms with Crippen LogP contribution in [0.2, 0.25) is 0 Å². The molecule has 0 radical (unpaired) electrons. The van der Waals surface area contributed by atoms with E-state index in [-0.39, 0.29) is 23.8 Å². The lowest BCUT2D eigenvalue weighted by Gasteiger charge is -2.37. The van der Waals surface area contributed by atoms with Crippen molar-refractivity contribution in [2.45, 2.75) is 51.6 Å². The number of aromatic amines is 1. The maximum atomic E-state index is 12.3. The SMILES string of the molecule is Cc1nc([C@H]2CCN(Cc3scnc3C)C[C@H]2NC(=O)C2CC2)n[nH]1. The van der Waals surface area contributed by atoms with Crippen LogP contribution in [0, 0.1) is 19.8 Å². The monoisotopic (exact) mass is 360 g/mol. The van der Waals surface area contributed by atoms with Crippen LogP contribution in [-0.2, 0) is 11.3 Å². The van der Waals surface area contributed by atoms with Gasteiger partial charge in [-0.05, 0) is 39.7 Å². The topological polar surface area (TPSA) is 86.8 Å². The van der Waals surface area contributed by atoms with Gasteiger partial charge in [-0.1, -0.05) is 0 Å². The van der Waals surface area contributed by atoms with Crippen molar-refractivity contribution in [3.8, 4) is 0 Å². The van der Waals surface area contributed by atoms with Crippen LogP contribution < -0.4 is 5.32 Å². The van der Waals surface area contributed by atoms with Gasteiger partial charge in [0.1, 0.15) is 5.82 Å². The quantitative estimate of drug-likeness (QED) is 0.848. The van der Waals surface area contributed by atoms with E-state index in [4.69, 9.17) is 0 Å². The molecule has 1 aliphatic heterocycles. The third-order valence-corrected chi connectivity index (χ3v) is 6.05. The fourth-order valence-corrected chi connectivity index (χ4v) is 4.29. The predicted molar refractivity (Wildman–Crippen MR) is 95.3 cm³/mol. The van der Waals surface area contributed by atoms with Crippen molar-refractivity contribution in [2.24, 2.45) is 5.92 Å². The maximum Gasteiger partial charge on any atom is 0.223 e. The summed E-state index contributed by atoms with van der Waals surface area (Å²) in [6.07, 6.45) is 2.99. The van der Waals surface area contributed by atoms with E-state index in [1.807, 2.05) is 12.4 Å². The molecule has 2 N–H and O–H groups in total. The zero-order chi connectivity index (χ0) is 17.4. The Bertz CT molecular complexity index is 752. The van der Waals surface area contributed by atoms with Crippen LogP contribution in [-0.4, -0.2) is 50.1 Å². The van der Waals surface area contributed by atoms with E-state index in [2.05, 4.69) is 37.3 Å². The van der Waals surface area contributed by atoms with E-state index in [9.17, 15) is 4.79 Å². The van der Waals surface area contributed by atoms with Crippen LogP contribution in [0.4, 0.5) is 0 Å². The number of carbonyl (C=O) groups excluding carboxylic acids is 1. The van der Waals surface area contributed by atoms with Gasteiger partial charge in [-0.3, -0.25) is 14.8 Å². The largest absolute Gasteiger partial charge is 0.351 e. The van der Waals surface area contributed by atoms with E-state index in [1.54, 1.807) is 11.3 Å². The summed E-state index contributed by atoms with van der Waals surface area (Å²) in [5.41, 5.74) is 3.01. The lowest BCUT2D eigenvalue weighted by atomic mass is 9.90. The number of nitrogens with zero attached hydrogens (tertiary/aromatic N) is 4. The molecule has 2 aromatic rings. The number of H-pyrrole nitrogens is 1. The fraction of sp³-hybridized carbons (Fsp3) is 0.647. The Kier molecular flexibility index (Phi) is 4.56. The molecular weight excluding hydrogens is 336 g/mol. The van der Waals surface area contributed by atoms with Crippen LogP contribution in [0.25, 0.3) is 0 Å². The minimum atomic E-state index is 0.0604. The molecule has 0 bridgehead atoms. The van der Waals surface area contributed by atoms with Gasteiger partial charge in [0.2, 0.25) is 5.91 Å². The zero-order valence-corrected chi connectivity index (χ0v) is 15.5. The first kappa shape index (κ1) is 16.7. The first-order valence-corrected chi connectivity index (χ1v) is 9.78. The van der Waals surface area contributed by atoms with E-state index >= 15 is 0 Å². The Morgan fingerprint density at radius 2 is 2.24 bits per heavy atom. The number of piperidine rings is 1. The number of amides is 1. The molecule has 0 spiro atoms. The highest BCUT2D eigenvalue weighted by molar-refractivity contribution is 7.09. The molecule has 7 nitrogen and oxygen atoms in total. The third kappa shape index (κ3) is 3.74. The minimum Gasteiger partial charge on any atom is -0.351 e. The van der Waals surface area contributed by atoms with Gasteiger partial charge < -0.3 is 5.32 Å². The lowest BCUT2D eigenvalue weighted by molar-refractivity contribution is -0.123. The molecule has 2 fully saturated rings. The molecule has 134 valence electrons. The standard InChI is InChI=1S/C17H24N6OS/c1-10-15(25-9-18-10)8-23-6-5-13(16-19-11(2)21-22-16)14(7-23)20-17(24)12-3-4-12/h9,12-14H,3-8H2,1-2H3,(H,20,24)(H,19,21,22)/t13-,14+/m0/s1. The van der Waals surface area contributed by atoms with E-state index in [1.165, 1.54) is 4.88 Å². The van der Waals surface area contributed by atoms with Crippen LogP contribution >= 0.6 is 11.3 Å². The molecule has 1 saturated carbocycles. The number of aromatic nitrogens is 4. The minimum absolute atomic E-state index is 0.0604. The predicted octanol–water partition coefficient (Wildman–Crippen LogP) is 1.76. The number of nitrogens with one attached hydrogen (secondary N) is 2. The first-order chi connectivity index (χ1) is 12.1. The van der Waals surface area contributed by atoms with Gasteiger partial charge >= 0.3 is 0 Å². The molecule has 1 amide bonds. The van der Waals surface area contributed by atoms with Gasteiger partial charge in [-0.15, -0.1) is 11.3 Å². The number of hydrogen-bond acceptors (Lipinski definition) is 6. The molecule has 8 heteroatoms. The summed E-state index contributed by atoms with van der Waals surface area (Å²) in [7, 11) is 0. The molecular formula is C17H24N6OS. The number of rotatable bonds is 5. The second kappa shape index (κ2) is 6.84. The third-order valence-electron chi connectivity index (χ3n) is 5.13. The summed E-state index contributed by atoms with van der Waals surface area (Å²) in [5, 5.41) is 10.6. The van der Waals surface area contributed by atoms with Crippen LogP contribution in [0.15, 0.2) is 5.51 Å². The van der Waals surface area contributed by atoms with Crippen molar-refractivity contribution in [1.82, 2.24) is 30.4 Å². The van der Waals surface area contributed by atoms with E-state index in [0.29, 0.717) is 0 Å². The maximum absolute atomic E-state index is 12.3. The van der Waals surface area contributed by atoms with Crippen molar-refractivity contribution in [3.63, 3.8) is 0 Å². The molecule has 2 aliphatic rings. The molecule has 2 aromatic heterocycles. The fourth-order valence-electron chi connectivity index (χ4n) is 3.47. The van der Waals surface area contributed by atoms with E-state index < -0.39 is 0 Å². The van der Waals surface area contributed by atoms with Gasteiger partial charge in [-0.25, -0.2) is 9.97 Å². The molecule has 1 saturated heterocycles. The summed E-state index contributed by atoms with van der Waals surface area (Å²) < 4.78 is 0. The van der Waals surface area contributed by atoms with Crippen molar-refractivity contribution >= 4 is 17.2 Å².